The number of hydrogen-bond acceptors (Lipinski definition) is 2. The first kappa shape index (κ1) is 20.5. The van der Waals surface area contributed by atoms with Gasteiger partial charge in [-0.15, -0.1) is 0 Å². The number of unbranched alkanes of at least 4 members (excludes halogenated alkanes) is 1. The summed E-state index contributed by atoms with van der Waals surface area (Å²) in [5, 5.41) is 1.27. The molecule has 3 aromatic carbocycles. The van der Waals surface area contributed by atoms with Crippen LogP contribution in [0.1, 0.15) is 49.2 Å². The van der Waals surface area contributed by atoms with E-state index < -0.39 is 11.6 Å². The highest BCUT2D eigenvalue weighted by atomic mass is 19.2. The average Bonchev–Trinajstić information content (AvgIpc) is 2.78. The fourth-order valence-electron chi connectivity index (χ4n) is 3.58. The Labute approximate surface area is 175 Å². The van der Waals surface area contributed by atoms with Gasteiger partial charge < -0.3 is 9.47 Å². The van der Waals surface area contributed by atoms with E-state index in [1.807, 2.05) is 24.3 Å². The molecule has 0 bridgehead atoms. The van der Waals surface area contributed by atoms with E-state index in [4.69, 9.17) is 9.47 Å². The molecule has 1 aliphatic rings. The molecule has 2 nitrogen and oxygen atoms in total. The minimum absolute atomic E-state index is 0.319. The van der Waals surface area contributed by atoms with Gasteiger partial charge in [-0.1, -0.05) is 49.8 Å². The van der Waals surface area contributed by atoms with Crippen LogP contribution in [0.15, 0.2) is 54.6 Å². The molecule has 1 aliphatic heterocycles. The first-order chi connectivity index (χ1) is 14.6. The molecule has 0 spiro atoms. The van der Waals surface area contributed by atoms with Gasteiger partial charge in [-0.2, -0.15) is 0 Å². The van der Waals surface area contributed by atoms with Crippen molar-refractivity contribution in [3.05, 3.63) is 82.9 Å². The van der Waals surface area contributed by atoms with Crippen LogP contribution in [0.4, 0.5) is 8.78 Å². The van der Waals surface area contributed by atoms with E-state index in [1.165, 1.54) is 25.0 Å². The molecule has 30 heavy (non-hydrogen) atoms. The number of hydrogen-bond donors (Lipinski definition) is 0. The van der Waals surface area contributed by atoms with Crippen LogP contribution in [0.25, 0.3) is 10.8 Å². The Balaban J connectivity index is 1.42. The van der Waals surface area contributed by atoms with E-state index in [0.29, 0.717) is 16.7 Å². The van der Waals surface area contributed by atoms with Crippen molar-refractivity contribution in [3.8, 4) is 11.8 Å². The summed E-state index contributed by atoms with van der Waals surface area (Å²) >= 11 is 0. The third kappa shape index (κ3) is 4.87. The second kappa shape index (κ2) is 9.38. The average molecular weight is 406 g/mol. The molecule has 0 aliphatic carbocycles. The molecule has 0 saturated carbocycles. The van der Waals surface area contributed by atoms with E-state index in [9.17, 15) is 8.78 Å². The van der Waals surface area contributed by atoms with Gasteiger partial charge in [0.25, 0.3) is 0 Å². The number of halogens is 2. The lowest BCUT2D eigenvalue weighted by Gasteiger charge is -2.29. The lowest BCUT2D eigenvalue weighted by Crippen LogP contribution is -2.27. The molecule has 0 N–H and O–H groups in total. The van der Waals surface area contributed by atoms with Crippen LogP contribution in [0.5, 0.6) is 0 Å². The van der Waals surface area contributed by atoms with Gasteiger partial charge in [0.1, 0.15) is 0 Å². The Morgan fingerprint density at radius 2 is 1.47 bits per heavy atom. The van der Waals surface area contributed by atoms with E-state index in [0.717, 1.165) is 36.3 Å². The minimum atomic E-state index is -0.855. The monoisotopic (exact) mass is 406 g/mol. The Kier molecular flexibility index (Phi) is 6.42. The highest BCUT2D eigenvalue weighted by Gasteiger charge is 2.23. The van der Waals surface area contributed by atoms with E-state index in [1.54, 1.807) is 18.2 Å². The second-order valence-electron chi connectivity index (χ2n) is 7.71. The highest BCUT2D eigenvalue weighted by molar-refractivity contribution is 5.84. The molecule has 0 atom stereocenters. The van der Waals surface area contributed by atoms with Crippen molar-refractivity contribution in [1.82, 2.24) is 0 Å². The number of benzene rings is 3. The van der Waals surface area contributed by atoms with Gasteiger partial charge in [-0.25, -0.2) is 8.78 Å². The third-order valence-electron chi connectivity index (χ3n) is 5.35. The lowest BCUT2D eigenvalue weighted by molar-refractivity contribution is -0.206. The summed E-state index contributed by atoms with van der Waals surface area (Å²) in [7, 11) is 0. The zero-order valence-corrected chi connectivity index (χ0v) is 17.0. The summed E-state index contributed by atoms with van der Waals surface area (Å²) in [6.45, 7) is 3.66. The van der Waals surface area contributed by atoms with Crippen molar-refractivity contribution in [1.29, 1.82) is 0 Å². The third-order valence-corrected chi connectivity index (χ3v) is 5.35. The molecule has 3 aromatic rings. The van der Waals surface area contributed by atoms with Crippen molar-refractivity contribution in [3.63, 3.8) is 0 Å². The maximum absolute atomic E-state index is 13.5. The van der Waals surface area contributed by atoms with Crippen molar-refractivity contribution < 1.29 is 18.3 Å². The molecule has 1 fully saturated rings. The zero-order chi connectivity index (χ0) is 20.9. The first-order valence-corrected chi connectivity index (χ1v) is 10.4. The van der Waals surface area contributed by atoms with Crippen molar-refractivity contribution in [2.24, 2.45) is 5.92 Å². The summed E-state index contributed by atoms with van der Waals surface area (Å²) in [5.74, 6) is 4.98. The quantitative estimate of drug-likeness (QED) is 0.469. The molecule has 0 amide bonds. The maximum atomic E-state index is 13.5. The number of fused-ring (bicyclic) bond motifs is 1. The fraction of sp³-hybridized carbons (Fsp3) is 0.308. The molecule has 1 heterocycles. The molecule has 0 radical (unpaired) electrons. The van der Waals surface area contributed by atoms with Gasteiger partial charge in [0, 0.05) is 22.6 Å². The summed E-state index contributed by atoms with van der Waals surface area (Å²) in [6.07, 6.45) is 3.23. The van der Waals surface area contributed by atoms with Gasteiger partial charge in [0.2, 0.25) is 0 Å². The standard InChI is InChI=1S/C26H24F2O2/c1-2-3-4-20-16-29-26(30-17-20)21-10-7-18(8-11-21)5-6-19-9-12-22-14-24(27)25(28)15-23(22)13-19/h7-15,20,26H,2-4,16-17H2,1H3. The number of rotatable bonds is 4. The van der Waals surface area contributed by atoms with E-state index in [-0.39, 0.29) is 6.29 Å². The van der Waals surface area contributed by atoms with E-state index >= 15 is 0 Å². The van der Waals surface area contributed by atoms with Crippen LogP contribution >= 0.6 is 0 Å². The molecule has 0 aromatic heterocycles. The SMILES string of the molecule is CCCCC1COC(c2ccc(C#Cc3ccc4cc(F)c(F)cc4c3)cc2)OC1. The molecule has 154 valence electrons. The Hall–Kier alpha value is -2.74. The lowest BCUT2D eigenvalue weighted by atomic mass is 10.0. The van der Waals surface area contributed by atoms with Gasteiger partial charge in [-0.05, 0) is 53.6 Å². The fourth-order valence-corrected chi connectivity index (χ4v) is 3.58. The van der Waals surface area contributed by atoms with Gasteiger partial charge in [0.05, 0.1) is 13.2 Å². The van der Waals surface area contributed by atoms with Crippen LogP contribution in [0, 0.1) is 29.4 Å². The largest absolute Gasteiger partial charge is 0.348 e. The van der Waals surface area contributed by atoms with Gasteiger partial charge in [-0.3, -0.25) is 0 Å². The van der Waals surface area contributed by atoms with Crippen LogP contribution in [0.3, 0.4) is 0 Å². The first-order valence-electron chi connectivity index (χ1n) is 10.4. The van der Waals surface area contributed by atoms with Crippen LogP contribution in [-0.2, 0) is 9.47 Å². The van der Waals surface area contributed by atoms with Gasteiger partial charge >= 0.3 is 0 Å². The Morgan fingerprint density at radius 1 is 0.833 bits per heavy atom. The molecule has 4 heteroatoms. The maximum Gasteiger partial charge on any atom is 0.183 e. The molecular weight excluding hydrogens is 382 g/mol. The van der Waals surface area contributed by atoms with Crippen molar-refractivity contribution in [2.75, 3.05) is 13.2 Å². The predicted molar refractivity (Wildman–Crippen MR) is 114 cm³/mol. The molecule has 4 rings (SSSR count). The minimum Gasteiger partial charge on any atom is -0.348 e. The van der Waals surface area contributed by atoms with Gasteiger partial charge in [0.15, 0.2) is 17.9 Å². The Morgan fingerprint density at radius 3 is 2.17 bits per heavy atom. The molecule has 0 unspecified atom stereocenters. The van der Waals surface area contributed by atoms with Crippen molar-refractivity contribution in [2.45, 2.75) is 32.5 Å². The van der Waals surface area contributed by atoms with Crippen LogP contribution in [0.2, 0.25) is 0 Å². The normalized spacial score (nSPS) is 18.8. The number of ether oxygens (including phenoxy) is 2. The summed E-state index contributed by atoms with van der Waals surface area (Å²) in [4.78, 5) is 0. The summed E-state index contributed by atoms with van der Waals surface area (Å²) in [5.41, 5.74) is 2.59. The topological polar surface area (TPSA) is 18.5 Å². The van der Waals surface area contributed by atoms with Crippen LogP contribution < -0.4 is 0 Å². The van der Waals surface area contributed by atoms with Crippen molar-refractivity contribution >= 4 is 10.8 Å². The predicted octanol–water partition coefficient (Wildman–Crippen LogP) is 6.37. The summed E-state index contributed by atoms with van der Waals surface area (Å²) < 4.78 is 38.6. The molecule has 1 saturated heterocycles. The summed E-state index contributed by atoms with van der Waals surface area (Å²) in [6, 6.07) is 15.5. The Bertz CT molecular complexity index is 1070. The zero-order valence-electron chi connectivity index (χ0n) is 17.0. The second-order valence-corrected chi connectivity index (χ2v) is 7.71. The highest BCUT2D eigenvalue weighted by Crippen LogP contribution is 2.27. The smallest absolute Gasteiger partial charge is 0.183 e. The van der Waals surface area contributed by atoms with Crippen LogP contribution in [-0.4, -0.2) is 13.2 Å². The van der Waals surface area contributed by atoms with E-state index in [2.05, 4.69) is 18.8 Å². The molecular formula is C26H24F2O2.